The maximum Gasteiger partial charge on any atom is 0.417 e. The molecule has 0 radical (unpaired) electrons. The Hall–Kier alpha value is -2.30. The van der Waals surface area contributed by atoms with Crippen molar-refractivity contribution in [2.75, 3.05) is 0 Å². The maximum atomic E-state index is 12.7. The number of rotatable bonds is 4. The Kier molecular flexibility index (Phi) is 4.40. The Morgan fingerprint density at radius 1 is 0.950 bits per heavy atom. The molecule has 0 saturated heterocycles. The first kappa shape index (κ1) is 14.1. The van der Waals surface area contributed by atoms with Gasteiger partial charge in [0, 0.05) is 5.56 Å². The van der Waals surface area contributed by atoms with Crippen LogP contribution in [-0.4, -0.2) is 6.21 Å². The molecule has 0 bridgehead atoms. The van der Waals surface area contributed by atoms with Crippen LogP contribution >= 0.6 is 0 Å². The summed E-state index contributed by atoms with van der Waals surface area (Å²) in [5.41, 5.74) is 3.09. The molecule has 0 aliphatic heterocycles. The summed E-state index contributed by atoms with van der Waals surface area (Å²) in [5.74, 6) is 0. The molecule has 0 aromatic heterocycles. The highest BCUT2D eigenvalue weighted by Gasteiger charge is 2.32. The molecule has 0 unspecified atom stereocenters. The smallest absolute Gasteiger partial charge is 0.306 e. The van der Waals surface area contributed by atoms with Crippen LogP contribution in [0.1, 0.15) is 16.7 Å². The molecule has 0 saturated carbocycles. The number of hydrogen-bond acceptors (Lipinski definition) is 2. The third-order valence-electron chi connectivity index (χ3n) is 2.69. The predicted octanol–water partition coefficient (Wildman–Crippen LogP) is 3.83. The largest absolute Gasteiger partial charge is 0.417 e. The first-order valence-corrected chi connectivity index (χ1v) is 6.03. The van der Waals surface area contributed by atoms with Crippen LogP contribution < -0.4 is 5.43 Å². The molecule has 0 amide bonds. The van der Waals surface area contributed by atoms with Gasteiger partial charge in [-0.15, -0.1) is 0 Å². The van der Waals surface area contributed by atoms with Crippen LogP contribution in [0, 0.1) is 0 Å². The Morgan fingerprint density at radius 2 is 1.60 bits per heavy atom. The Morgan fingerprint density at radius 3 is 2.30 bits per heavy atom. The number of nitrogens with zero attached hydrogens (tertiary/aromatic N) is 1. The fourth-order valence-electron chi connectivity index (χ4n) is 1.72. The zero-order valence-corrected chi connectivity index (χ0v) is 10.6. The van der Waals surface area contributed by atoms with Gasteiger partial charge < -0.3 is 5.43 Å². The van der Waals surface area contributed by atoms with Crippen molar-refractivity contribution in [2.24, 2.45) is 5.10 Å². The lowest BCUT2D eigenvalue weighted by molar-refractivity contribution is -0.137. The monoisotopic (exact) mass is 278 g/mol. The molecule has 0 aliphatic rings. The van der Waals surface area contributed by atoms with Crippen LogP contribution in [0.3, 0.4) is 0 Å². The van der Waals surface area contributed by atoms with E-state index in [4.69, 9.17) is 0 Å². The summed E-state index contributed by atoms with van der Waals surface area (Å²) in [5, 5.41) is 3.84. The average Bonchev–Trinajstić information content (AvgIpc) is 2.44. The van der Waals surface area contributed by atoms with Gasteiger partial charge >= 0.3 is 6.18 Å². The van der Waals surface area contributed by atoms with Gasteiger partial charge in [-0.3, -0.25) is 0 Å². The third kappa shape index (κ3) is 3.85. The van der Waals surface area contributed by atoms with Crippen LogP contribution in [0.15, 0.2) is 59.7 Å². The normalized spacial score (nSPS) is 11.8. The number of alkyl halides is 3. The van der Waals surface area contributed by atoms with Crippen molar-refractivity contribution in [2.45, 2.75) is 12.7 Å². The van der Waals surface area contributed by atoms with Crippen molar-refractivity contribution in [3.8, 4) is 0 Å². The minimum absolute atomic E-state index is 0.0422. The van der Waals surface area contributed by atoms with Crippen molar-refractivity contribution >= 4 is 6.21 Å². The van der Waals surface area contributed by atoms with Crippen LogP contribution in [0.2, 0.25) is 0 Å². The number of halogens is 3. The summed E-state index contributed by atoms with van der Waals surface area (Å²) in [6.45, 7) is 0.464. The number of nitrogens with one attached hydrogen (secondary N) is 1. The summed E-state index contributed by atoms with van der Waals surface area (Å²) in [6, 6.07) is 14.8. The Labute approximate surface area is 114 Å². The van der Waals surface area contributed by atoms with Gasteiger partial charge in [-0.05, 0) is 11.6 Å². The molecule has 0 aliphatic carbocycles. The van der Waals surface area contributed by atoms with E-state index in [0.29, 0.717) is 6.54 Å². The molecule has 5 heteroatoms. The highest BCUT2D eigenvalue weighted by molar-refractivity contribution is 5.81. The fourth-order valence-corrected chi connectivity index (χ4v) is 1.72. The van der Waals surface area contributed by atoms with Gasteiger partial charge in [-0.1, -0.05) is 48.5 Å². The topological polar surface area (TPSA) is 24.4 Å². The third-order valence-corrected chi connectivity index (χ3v) is 2.69. The average molecular weight is 278 g/mol. The van der Waals surface area contributed by atoms with E-state index in [0.717, 1.165) is 11.6 Å². The van der Waals surface area contributed by atoms with Crippen LogP contribution in [0.25, 0.3) is 0 Å². The van der Waals surface area contributed by atoms with E-state index in [1.165, 1.54) is 18.3 Å². The lowest BCUT2D eigenvalue weighted by atomic mass is 10.1. The standard InChI is InChI=1S/C15H13F3N2/c16-15(17,18)14-9-5-4-8-13(14)11-20-19-10-12-6-2-1-3-7-12/h1-9,11,19H,10H2. The quantitative estimate of drug-likeness (QED) is 0.667. The van der Waals surface area contributed by atoms with Crippen molar-refractivity contribution in [3.63, 3.8) is 0 Å². The molecule has 2 aromatic carbocycles. The van der Waals surface area contributed by atoms with Crippen molar-refractivity contribution in [1.29, 1.82) is 0 Å². The summed E-state index contributed by atoms with van der Waals surface area (Å²) in [6.07, 6.45) is -3.19. The molecular weight excluding hydrogens is 265 g/mol. The van der Waals surface area contributed by atoms with Crippen LogP contribution in [0.5, 0.6) is 0 Å². The maximum absolute atomic E-state index is 12.7. The van der Waals surface area contributed by atoms with Gasteiger partial charge in [0.05, 0.1) is 18.3 Å². The number of benzene rings is 2. The second-order valence-electron chi connectivity index (χ2n) is 4.16. The molecular formula is C15H13F3N2. The molecule has 20 heavy (non-hydrogen) atoms. The summed E-state index contributed by atoms with van der Waals surface area (Å²) < 4.78 is 38.2. The highest BCUT2D eigenvalue weighted by Crippen LogP contribution is 2.30. The number of hydrazone groups is 1. The minimum Gasteiger partial charge on any atom is -0.306 e. The van der Waals surface area contributed by atoms with Gasteiger partial charge in [0.15, 0.2) is 0 Å². The highest BCUT2D eigenvalue weighted by atomic mass is 19.4. The Balaban J connectivity index is 2.02. The van der Waals surface area contributed by atoms with Gasteiger partial charge in [0.25, 0.3) is 0 Å². The zero-order valence-electron chi connectivity index (χ0n) is 10.6. The van der Waals surface area contributed by atoms with E-state index in [1.54, 1.807) is 6.07 Å². The van der Waals surface area contributed by atoms with E-state index in [9.17, 15) is 13.2 Å². The molecule has 1 N–H and O–H groups in total. The zero-order chi connectivity index (χ0) is 14.4. The summed E-state index contributed by atoms with van der Waals surface area (Å²) in [7, 11) is 0. The van der Waals surface area contributed by atoms with Gasteiger partial charge in [0.1, 0.15) is 0 Å². The van der Waals surface area contributed by atoms with Crippen molar-refractivity contribution in [3.05, 3.63) is 71.3 Å². The van der Waals surface area contributed by atoms with Gasteiger partial charge in [-0.2, -0.15) is 18.3 Å². The minimum atomic E-state index is -4.37. The second-order valence-corrected chi connectivity index (χ2v) is 4.16. The van der Waals surface area contributed by atoms with E-state index in [2.05, 4.69) is 10.5 Å². The number of hydrogen-bond donors (Lipinski definition) is 1. The molecule has 0 spiro atoms. The van der Waals surface area contributed by atoms with E-state index in [-0.39, 0.29) is 5.56 Å². The predicted molar refractivity (Wildman–Crippen MR) is 72.3 cm³/mol. The first-order chi connectivity index (χ1) is 9.57. The van der Waals surface area contributed by atoms with Gasteiger partial charge in [0.2, 0.25) is 0 Å². The second kappa shape index (κ2) is 6.23. The van der Waals surface area contributed by atoms with Crippen LogP contribution in [-0.2, 0) is 12.7 Å². The molecule has 0 atom stereocenters. The SMILES string of the molecule is FC(F)(F)c1ccccc1C=NNCc1ccccc1. The van der Waals surface area contributed by atoms with E-state index in [1.807, 2.05) is 30.3 Å². The van der Waals surface area contributed by atoms with Gasteiger partial charge in [-0.25, -0.2) is 0 Å². The molecule has 2 nitrogen and oxygen atoms in total. The first-order valence-electron chi connectivity index (χ1n) is 6.03. The van der Waals surface area contributed by atoms with E-state index < -0.39 is 11.7 Å². The molecule has 0 heterocycles. The molecule has 104 valence electrons. The molecule has 2 aromatic rings. The van der Waals surface area contributed by atoms with Crippen LogP contribution in [0.4, 0.5) is 13.2 Å². The fraction of sp³-hybridized carbons (Fsp3) is 0.133. The lowest BCUT2D eigenvalue weighted by Crippen LogP contribution is -2.10. The molecule has 0 fully saturated rings. The summed E-state index contributed by atoms with van der Waals surface area (Å²) >= 11 is 0. The van der Waals surface area contributed by atoms with Crippen molar-refractivity contribution in [1.82, 2.24) is 5.43 Å². The lowest BCUT2D eigenvalue weighted by Gasteiger charge is -2.09. The Bertz CT molecular complexity index is 577. The molecule has 2 rings (SSSR count). The van der Waals surface area contributed by atoms with Crippen molar-refractivity contribution < 1.29 is 13.2 Å². The van der Waals surface area contributed by atoms with E-state index >= 15 is 0 Å². The summed E-state index contributed by atoms with van der Waals surface area (Å²) in [4.78, 5) is 0.